The number of carbonyl (C=O) groups is 1. The number of aliphatic hydroxyl groups is 1. The van der Waals surface area contributed by atoms with Crippen molar-refractivity contribution in [3.63, 3.8) is 0 Å². The number of piperidine rings is 1. The summed E-state index contributed by atoms with van der Waals surface area (Å²) in [6, 6.07) is 5.47. The van der Waals surface area contributed by atoms with E-state index in [9.17, 15) is 15.0 Å². The number of hydrogen-bond acceptors (Lipinski definition) is 6. The first kappa shape index (κ1) is 21.6. The van der Waals surface area contributed by atoms with Gasteiger partial charge in [-0.25, -0.2) is 0 Å². The van der Waals surface area contributed by atoms with E-state index in [1.54, 1.807) is 28.4 Å². The number of phenols is 1. The summed E-state index contributed by atoms with van der Waals surface area (Å²) < 4.78 is 7.42. The van der Waals surface area contributed by atoms with Crippen LogP contribution in [0, 0.1) is 0 Å². The lowest BCUT2D eigenvalue weighted by molar-refractivity contribution is -0.194. The maximum atomic E-state index is 13.1. The SMILES string of the molecule is CN(C(=O)/C=C/c1cc(Br)cs1)C1CC2Oc3c(O)ccc4c3[C@@]23CCN(C)[C@H](C4)[C@]3(O)C1. The second-order valence-electron chi connectivity index (χ2n) is 9.94. The van der Waals surface area contributed by atoms with Crippen molar-refractivity contribution in [2.45, 2.75) is 54.9 Å². The van der Waals surface area contributed by atoms with Crippen LogP contribution in [-0.4, -0.2) is 70.3 Å². The summed E-state index contributed by atoms with van der Waals surface area (Å²) in [6.45, 7) is 0.875. The molecule has 33 heavy (non-hydrogen) atoms. The van der Waals surface area contributed by atoms with E-state index in [2.05, 4.69) is 27.9 Å². The largest absolute Gasteiger partial charge is 0.504 e. The van der Waals surface area contributed by atoms with Crippen molar-refractivity contribution >= 4 is 39.2 Å². The van der Waals surface area contributed by atoms with Crippen LogP contribution in [0.2, 0.25) is 0 Å². The van der Waals surface area contributed by atoms with Crippen molar-refractivity contribution in [2.75, 3.05) is 20.6 Å². The number of likely N-dealkylation sites (tertiary alicyclic amines) is 1. The van der Waals surface area contributed by atoms with Gasteiger partial charge in [-0.1, -0.05) is 6.07 Å². The van der Waals surface area contributed by atoms with E-state index in [0.29, 0.717) is 25.0 Å². The molecule has 2 aliphatic heterocycles. The summed E-state index contributed by atoms with van der Waals surface area (Å²) in [7, 11) is 3.89. The van der Waals surface area contributed by atoms with Crippen molar-refractivity contribution in [2.24, 2.45) is 0 Å². The topological polar surface area (TPSA) is 73.2 Å². The van der Waals surface area contributed by atoms with Gasteiger partial charge in [0.05, 0.1) is 11.0 Å². The highest BCUT2D eigenvalue weighted by molar-refractivity contribution is 9.10. The van der Waals surface area contributed by atoms with Crippen molar-refractivity contribution in [1.29, 1.82) is 0 Å². The Balaban J connectivity index is 1.36. The zero-order valence-corrected chi connectivity index (χ0v) is 21.0. The third kappa shape index (κ3) is 2.87. The molecule has 2 bridgehead atoms. The molecular formula is C25H27BrN2O4S. The highest BCUT2D eigenvalue weighted by atomic mass is 79.9. The minimum absolute atomic E-state index is 0.0503. The number of halogens is 1. The van der Waals surface area contributed by atoms with Crippen molar-refractivity contribution in [3.8, 4) is 11.5 Å². The number of amides is 1. The number of nitrogens with zero attached hydrogens (tertiary/aromatic N) is 2. The third-order valence-corrected chi connectivity index (χ3v) is 10.2. The molecule has 5 atom stereocenters. The first-order valence-corrected chi connectivity index (χ1v) is 13.1. The zero-order valence-electron chi connectivity index (χ0n) is 18.6. The van der Waals surface area contributed by atoms with Crippen LogP contribution in [-0.2, 0) is 16.6 Å². The lowest BCUT2D eigenvalue weighted by atomic mass is 9.48. The van der Waals surface area contributed by atoms with Crippen molar-refractivity contribution < 1.29 is 19.7 Å². The molecule has 1 amide bonds. The van der Waals surface area contributed by atoms with Gasteiger partial charge in [0.1, 0.15) is 6.10 Å². The van der Waals surface area contributed by atoms with Crippen LogP contribution in [0.4, 0.5) is 0 Å². The molecule has 6 rings (SSSR count). The molecule has 3 heterocycles. The number of hydrogen-bond donors (Lipinski definition) is 2. The Kier molecular flexibility index (Phi) is 4.80. The molecule has 1 spiro atoms. The molecule has 0 radical (unpaired) electrons. The molecule has 4 aliphatic rings. The minimum atomic E-state index is -1.03. The molecule has 174 valence electrons. The molecule has 2 aromatic rings. The van der Waals surface area contributed by atoms with Crippen molar-refractivity contribution in [1.82, 2.24) is 9.80 Å². The fraction of sp³-hybridized carbons (Fsp3) is 0.480. The predicted molar refractivity (Wildman–Crippen MR) is 131 cm³/mol. The van der Waals surface area contributed by atoms with Crippen molar-refractivity contribution in [3.05, 3.63) is 50.1 Å². The van der Waals surface area contributed by atoms with E-state index in [0.717, 1.165) is 27.9 Å². The van der Waals surface area contributed by atoms with E-state index in [1.807, 2.05) is 30.6 Å². The zero-order chi connectivity index (χ0) is 23.1. The predicted octanol–water partition coefficient (Wildman–Crippen LogP) is 3.54. The van der Waals surface area contributed by atoms with Crippen LogP contribution in [0.15, 0.2) is 34.1 Å². The number of carbonyl (C=O) groups excluding carboxylic acids is 1. The maximum Gasteiger partial charge on any atom is 0.246 e. The fourth-order valence-electron chi connectivity index (χ4n) is 6.91. The molecule has 1 saturated heterocycles. The van der Waals surface area contributed by atoms with Crippen LogP contribution >= 0.6 is 27.3 Å². The van der Waals surface area contributed by atoms with E-state index in [1.165, 1.54) is 5.56 Å². The fourth-order valence-corrected chi connectivity index (χ4v) is 8.25. The minimum Gasteiger partial charge on any atom is -0.504 e. The standard InChI is InChI=1S/C25H27BrN2O4S/c1-27-8-7-24-20-11-16(28(2)21(30)6-4-17-10-15(26)13-33-17)12-25(24,31)19(27)9-14-3-5-18(29)23(32-20)22(14)24/h3-6,10,13,16,19-20,29,31H,7-9,11-12H2,1-2H3/b6-4+/t16?,19-,20?,24-,25-/m1/s1. The summed E-state index contributed by atoms with van der Waals surface area (Å²) in [5.74, 6) is 0.595. The highest BCUT2D eigenvalue weighted by Gasteiger charge is 2.72. The number of thiophene rings is 1. The van der Waals surface area contributed by atoms with Gasteiger partial charge in [-0.3, -0.25) is 4.79 Å². The van der Waals surface area contributed by atoms with Gasteiger partial charge < -0.3 is 24.7 Å². The average Bonchev–Trinajstić information content (AvgIpc) is 3.35. The quantitative estimate of drug-likeness (QED) is 0.593. The Morgan fingerprint density at radius 2 is 2.24 bits per heavy atom. The number of rotatable bonds is 3. The van der Waals surface area contributed by atoms with Crippen LogP contribution < -0.4 is 4.74 Å². The van der Waals surface area contributed by atoms with Crippen LogP contribution in [0.1, 0.15) is 35.3 Å². The first-order valence-electron chi connectivity index (χ1n) is 11.4. The maximum absolute atomic E-state index is 13.1. The Bertz CT molecular complexity index is 1180. The van der Waals surface area contributed by atoms with Gasteiger partial charge in [0.15, 0.2) is 11.5 Å². The summed E-state index contributed by atoms with van der Waals surface area (Å²) in [6.07, 6.45) is 5.79. The number of benzene rings is 1. The number of ether oxygens (including phenoxy) is 1. The Morgan fingerprint density at radius 3 is 3.00 bits per heavy atom. The molecule has 1 saturated carbocycles. The lowest BCUT2D eigenvalue weighted by Crippen LogP contribution is -2.77. The van der Waals surface area contributed by atoms with E-state index < -0.39 is 11.0 Å². The molecule has 2 aliphatic carbocycles. The van der Waals surface area contributed by atoms with Gasteiger partial charge in [-0.2, -0.15) is 0 Å². The van der Waals surface area contributed by atoms with Gasteiger partial charge in [0.2, 0.25) is 5.91 Å². The lowest BCUT2D eigenvalue weighted by Gasteiger charge is -2.64. The van der Waals surface area contributed by atoms with Crippen LogP contribution in [0.3, 0.4) is 0 Å². The van der Waals surface area contributed by atoms with Gasteiger partial charge >= 0.3 is 0 Å². The Morgan fingerprint density at radius 1 is 1.42 bits per heavy atom. The molecule has 2 fully saturated rings. The highest BCUT2D eigenvalue weighted by Crippen LogP contribution is 2.65. The van der Waals surface area contributed by atoms with E-state index in [-0.39, 0.29) is 29.8 Å². The van der Waals surface area contributed by atoms with Gasteiger partial charge in [0.25, 0.3) is 0 Å². The second-order valence-corrected chi connectivity index (χ2v) is 11.8. The number of likely N-dealkylation sites (N-methyl/N-ethyl adjacent to an activating group) is 2. The molecule has 1 aromatic heterocycles. The summed E-state index contributed by atoms with van der Waals surface area (Å²) in [4.78, 5) is 18.1. The van der Waals surface area contributed by atoms with E-state index >= 15 is 0 Å². The van der Waals surface area contributed by atoms with Crippen LogP contribution in [0.5, 0.6) is 11.5 Å². The van der Waals surface area contributed by atoms with E-state index in [4.69, 9.17) is 4.74 Å². The molecular weight excluding hydrogens is 504 g/mol. The first-order chi connectivity index (χ1) is 15.7. The molecule has 1 aromatic carbocycles. The molecule has 6 nitrogen and oxygen atoms in total. The smallest absolute Gasteiger partial charge is 0.246 e. The Labute approximate surface area is 205 Å². The number of aromatic hydroxyl groups is 1. The summed E-state index contributed by atoms with van der Waals surface area (Å²) >= 11 is 5.02. The second kappa shape index (κ2) is 7.31. The normalized spacial score (nSPS) is 34.2. The molecule has 2 unspecified atom stereocenters. The molecule has 8 heteroatoms. The summed E-state index contributed by atoms with van der Waals surface area (Å²) in [5.41, 5.74) is 0.608. The van der Waals surface area contributed by atoms with Gasteiger partial charge in [-0.15, -0.1) is 11.3 Å². The van der Waals surface area contributed by atoms with Gasteiger partial charge in [-0.05, 0) is 72.6 Å². The van der Waals surface area contributed by atoms with Crippen LogP contribution in [0.25, 0.3) is 6.08 Å². The molecule has 2 N–H and O–H groups in total. The third-order valence-electron chi connectivity index (χ3n) is 8.51. The van der Waals surface area contributed by atoms with Gasteiger partial charge in [0, 0.05) is 51.9 Å². The average molecular weight is 531 g/mol. The Hall–Kier alpha value is -1.87. The summed E-state index contributed by atoms with van der Waals surface area (Å²) in [5, 5.41) is 25.0. The number of phenolic OH excluding ortho intramolecular Hbond substituents is 1. The monoisotopic (exact) mass is 530 g/mol.